The minimum Gasteiger partial charge on any atom is -0.497 e. The lowest BCUT2D eigenvalue weighted by Gasteiger charge is -2.36. The minimum atomic E-state index is -3.33. The Bertz CT molecular complexity index is 1450. The fourth-order valence-electron chi connectivity index (χ4n) is 7.84. The number of ether oxygens (including phenoxy) is 3. The van der Waals surface area contributed by atoms with Crippen molar-refractivity contribution in [2.24, 2.45) is 23.2 Å². The van der Waals surface area contributed by atoms with Crippen LogP contribution >= 0.6 is 0 Å². The predicted octanol–water partition coefficient (Wildman–Crippen LogP) is 6.01. The van der Waals surface area contributed by atoms with E-state index in [1.807, 2.05) is 13.8 Å². The molecule has 1 amide bonds. The Kier molecular flexibility index (Phi) is 8.73. The average molecular weight is 628 g/mol. The molecule has 2 aliphatic carbocycles. The van der Waals surface area contributed by atoms with Crippen LogP contribution in [0.3, 0.4) is 0 Å². The molecule has 2 saturated carbocycles. The molecular weight excluding hydrogens is 584 g/mol. The fourth-order valence-corrected chi connectivity index (χ4v) is 7.84. The van der Waals surface area contributed by atoms with E-state index in [4.69, 9.17) is 14.2 Å². The molecule has 2 bridgehead atoms. The van der Waals surface area contributed by atoms with E-state index in [1.165, 1.54) is 12.0 Å². The van der Waals surface area contributed by atoms with Gasteiger partial charge < -0.3 is 23.9 Å². The number of esters is 1. The van der Waals surface area contributed by atoms with Gasteiger partial charge in [-0.05, 0) is 62.0 Å². The van der Waals surface area contributed by atoms with Crippen LogP contribution in [0.4, 0.5) is 8.78 Å². The van der Waals surface area contributed by atoms with E-state index < -0.39 is 53.4 Å². The molecule has 45 heavy (non-hydrogen) atoms. The van der Waals surface area contributed by atoms with Crippen LogP contribution in [-0.2, 0) is 25.0 Å². The Labute approximate surface area is 262 Å². The summed E-state index contributed by atoms with van der Waals surface area (Å²) >= 11 is 0. The molecular formula is C34H43F2N3O6. The SMILES string of the molecule is CC[C@@H]1[C@@H]2CN(C(=O)[C@H](C3(C)CCCC3)CC(=O)O[C@@H]3C[C@H]3CCCCC(F)(F)c3nc4ccc(OC)cc4nc3O2)[C@@H]1C=O. The van der Waals surface area contributed by atoms with Crippen LogP contribution < -0.4 is 9.47 Å². The number of fused-ring (bicyclic) bond motifs is 5. The maximum Gasteiger partial charge on any atom is 0.306 e. The molecule has 6 atom stereocenters. The molecule has 0 radical (unpaired) electrons. The van der Waals surface area contributed by atoms with Crippen molar-refractivity contribution < 1.29 is 37.4 Å². The van der Waals surface area contributed by atoms with Gasteiger partial charge in [0.25, 0.3) is 5.92 Å². The molecule has 3 fully saturated rings. The summed E-state index contributed by atoms with van der Waals surface area (Å²) in [4.78, 5) is 50.6. The highest BCUT2D eigenvalue weighted by atomic mass is 19.3. The molecule has 0 spiro atoms. The standard InChI is InChI=1S/C34H43F2N3O6/c1-4-22-26(19-40)39-18-28(22)45-31-30(37-24-11-10-21(43-3)16-25(24)38-31)34(35,36)14-6-5-9-20-15-27(20)44-29(41)17-23(32(39)42)33(2)12-7-8-13-33/h10-11,16,19-20,22-23,26-28H,4-9,12-15,17-18H2,1-3H3/t20-,22+,23-,26-,27-,28+/m1/s1. The van der Waals surface area contributed by atoms with E-state index in [0.717, 1.165) is 32.0 Å². The van der Waals surface area contributed by atoms with Gasteiger partial charge in [0, 0.05) is 18.4 Å². The molecule has 11 heteroatoms. The normalized spacial score (nSPS) is 31.6. The van der Waals surface area contributed by atoms with Crippen LogP contribution in [0.5, 0.6) is 11.6 Å². The number of nitrogens with zero attached hydrogens (tertiary/aromatic N) is 3. The second kappa shape index (κ2) is 12.4. The van der Waals surface area contributed by atoms with E-state index >= 15 is 8.78 Å². The topological polar surface area (TPSA) is 108 Å². The summed E-state index contributed by atoms with van der Waals surface area (Å²) in [6.45, 7) is 3.94. The molecule has 244 valence electrons. The summed E-state index contributed by atoms with van der Waals surface area (Å²) in [5, 5.41) is 0. The first kappa shape index (κ1) is 31.6. The van der Waals surface area contributed by atoms with Gasteiger partial charge in [0.2, 0.25) is 11.8 Å². The molecule has 1 saturated heterocycles. The van der Waals surface area contributed by atoms with Crippen LogP contribution in [0.15, 0.2) is 18.2 Å². The molecule has 1 aromatic heterocycles. The van der Waals surface area contributed by atoms with E-state index in [9.17, 15) is 14.4 Å². The smallest absolute Gasteiger partial charge is 0.306 e. The number of aromatic nitrogens is 2. The summed E-state index contributed by atoms with van der Waals surface area (Å²) in [6.07, 6.45) is 5.40. The number of amides is 1. The predicted molar refractivity (Wildman–Crippen MR) is 161 cm³/mol. The number of carbonyl (C=O) groups excluding carboxylic acids is 3. The van der Waals surface area contributed by atoms with Crippen molar-refractivity contribution in [1.82, 2.24) is 14.9 Å². The number of rotatable bonds is 4. The van der Waals surface area contributed by atoms with Crippen molar-refractivity contribution in [3.8, 4) is 11.6 Å². The lowest BCUT2D eigenvalue weighted by Crippen LogP contribution is -2.47. The van der Waals surface area contributed by atoms with Gasteiger partial charge in [0.05, 0.1) is 43.1 Å². The van der Waals surface area contributed by atoms with Gasteiger partial charge in [-0.15, -0.1) is 0 Å². The molecule has 9 nitrogen and oxygen atoms in total. The molecule has 1 aromatic carbocycles. The zero-order chi connectivity index (χ0) is 31.9. The summed E-state index contributed by atoms with van der Waals surface area (Å²) < 4.78 is 49.4. The largest absolute Gasteiger partial charge is 0.497 e. The lowest BCUT2D eigenvalue weighted by molar-refractivity contribution is -0.154. The Hall–Kier alpha value is -3.37. The Morgan fingerprint density at radius 3 is 2.51 bits per heavy atom. The number of methoxy groups -OCH3 is 1. The van der Waals surface area contributed by atoms with E-state index in [-0.39, 0.29) is 48.7 Å². The Morgan fingerprint density at radius 2 is 1.80 bits per heavy atom. The van der Waals surface area contributed by atoms with Crippen molar-refractivity contribution in [2.45, 2.75) is 109 Å². The first-order valence-corrected chi connectivity index (χ1v) is 16.4. The second-order valence-corrected chi connectivity index (χ2v) is 13.7. The van der Waals surface area contributed by atoms with E-state index in [1.54, 1.807) is 18.2 Å². The number of alkyl halides is 2. The first-order chi connectivity index (χ1) is 21.6. The number of aldehydes is 1. The minimum absolute atomic E-state index is 0.00983. The van der Waals surface area contributed by atoms with Crippen LogP contribution in [-0.4, -0.2) is 64.9 Å². The Morgan fingerprint density at radius 1 is 1.04 bits per heavy atom. The third-order valence-electron chi connectivity index (χ3n) is 10.7. The number of carbonyl (C=O) groups is 3. The second-order valence-electron chi connectivity index (χ2n) is 13.7. The Balaban J connectivity index is 1.41. The third-order valence-corrected chi connectivity index (χ3v) is 10.7. The molecule has 3 heterocycles. The van der Waals surface area contributed by atoms with Gasteiger partial charge in [-0.3, -0.25) is 9.59 Å². The first-order valence-electron chi connectivity index (χ1n) is 16.4. The van der Waals surface area contributed by atoms with E-state index in [2.05, 4.69) is 9.97 Å². The van der Waals surface area contributed by atoms with Gasteiger partial charge in [0.15, 0.2) is 5.69 Å². The highest BCUT2D eigenvalue weighted by Gasteiger charge is 2.52. The summed E-state index contributed by atoms with van der Waals surface area (Å²) in [7, 11) is 1.51. The zero-order valence-corrected chi connectivity index (χ0v) is 26.3. The molecule has 0 N–H and O–H groups in total. The number of hydrogen-bond acceptors (Lipinski definition) is 8. The number of hydrogen-bond donors (Lipinski definition) is 0. The number of benzene rings is 1. The quantitative estimate of drug-likeness (QED) is 0.300. The van der Waals surface area contributed by atoms with Gasteiger partial charge in [-0.1, -0.05) is 33.1 Å². The number of halogens is 2. The van der Waals surface area contributed by atoms with Crippen molar-refractivity contribution in [3.63, 3.8) is 0 Å². The zero-order valence-electron chi connectivity index (χ0n) is 26.3. The maximum absolute atomic E-state index is 16.0. The molecule has 6 rings (SSSR count). The van der Waals surface area contributed by atoms with Crippen molar-refractivity contribution in [2.75, 3.05) is 13.7 Å². The van der Waals surface area contributed by atoms with E-state index in [0.29, 0.717) is 36.9 Å². The third kappa shape index (κ3) is 6.23. The fraction of sp³-hybridized carbons (Fsp3) is 0.676. The van der Waals surface area contributed by atoms with Crippen LogP contribution in [0, 0.1) is 23.2 Å². The highest BCUT2D eigenvalue weighted by Crippen LogP contribution is 2.48. The van der Waals surface area contributed by atoms with Gasteiger partial charge in [-0.25, -0.2) is 9.97 Å². The molecule has 4 aliphatic rings. The maximum atomic E-state index is 16.0. The summed E-state index contributed by atoms with van der Waals surface area (Å²) in [5.74, 6) is -4.81. The average Bonchev–Trinajstić information content (AvgIpc) is 3.42. The summed E-state index contributed by atoms with van der Waals surface area (Å²) in [5.41, 5.74) is -0.328. The van der Waals surface area contributed by atoms with Crippen molar-refractivity contribution in [3.05, 3.63) is 23.9 Å². The lowest BCUT2D eigenvalue weighted by atomic mass is 9.73. The van der Waals surface area contributed by atoms with Crippen LogP contribution in [0.2, 0.25) is 0 Å². The van der Waals surface area contributed by atoms with Gasteiger partial charge in [-0.2, -0.15) is 8.78 Å². The van der Waals surface area contributed by atoms with Gasteiger partial charge in [0.1, 0.15) is 24.2 Å². The monoisotopic (exact) mass is 627 g/mol. The van der Waals surface area contributed by atoms with Gasteiger partial charge >= 0.3 is 5.97 Å². The van der Waals surface area contributed by atoms with Crippen molar-refractivity contribution in [1.29, 1.82) is 0 Å². The summed E-state index contributed by atoms with van der Waals surface area (Å²) in [6, 6.07) is 4.02. The van der Waals surface area contributed by atoms with Crippen LogP contribution in [0.25, 0.3) is 11.0 Å². The highest BCUT2D eigenvalue weighted by molar-refractivity contribution is 5.87. The van der Waals surface area contributed by atoms with Crippen molar-refractivity contribution >= 4 is 29.2 Å². The molecule has 0 unspecified atom stereocenters. The molecule has 2 aromatic rings. The van der Waals surface area contributed by atoms with Crippen LogP contribution in [0.1, 0.15) is 90.2 Å². The molecule has 2 aliphatic heterocycles.